The van der Waals surface area contributed by atoms with E-state index in [9.17, 15) is 4.21 Å². The molecule has 46 valence electrons. The molecule has 0 saturated heterocycles. The normalized spacial score (nSPS) is 12.5. The quantitative estimate of drug-likeness (QED) is 0.564. The number of hydrogen-bond acceptors (Lipinski definition) is 2. The highest BCUT2D eigenvalue weighted by molar-refractivity contribution is 7.85. The summed E-state index contributed by atoms with van der Waals surface area (Å²) >= 11 is 0. The minimum Gasteiger partial charge on any atom is -0.259 e. The summed E-state index contributed by atoms with van der Waals surface area (Å²) in [7, 11) is -0.881. The van der Waals surface area contributed by atoms with Crippen LogP contribution in [0.5, 0.6) is 0 Å². The van der Waals surface area contributed by atoms with Gasteiger partial charge in [0.15, 0.2) is 0 Å². The van der Waals surface area contributed by atoms with Crippen LogP contribution in [0, 0.1) is 11.3 Å². The van der Waals surface area contributed by atoms with Gasteiger partial charge in [0.25, 0.3) is 0 Å². The van der Waals surface area contributed by atoms with Gasteiger partial charge in [0.05, 0.1) is 6.07 Å². The van der Waals surface area contributed by atoms with E-state index >= 15 is 0 Å². The van der Waals surface area contributed by atoms with Gasteiger partial charge in [-0.3, -0.25) is 4.21 Å². The first-order chi connectivity index (χ1) is 3.81. The molecule has 0 saturated carbocycles. The summed E-state index contributed by atoms with van der Waals surface area (Å²) in [5.41, 5.74) is 0. The molecule has 0 aliphatic heterocycles. The van der Waals surface area contributed by atoms with Crippen molar-refractivity contribution in [3.63, 3.8) is 0 Å². The second-order valence-corrected chi connectivity index (χ2v) is 3.02. The summed E-state index contributed by atoms with van der Waals surface area (Å²) < 4.78 is 10.5. The molecule has 0 spiro atoms. The Hall–Kier alpha value is -0.360. The molecule has 0 radical (unpaired) electrons. The lowest BCUT2D eigenvalue weighted by atomic mass is 10.6. The second-order valence-electron chi connectivity index (χ2n) is 1.45. The Balaban J connectivity index is 3.23. The smallest absolute Gasteiger partial charge is 0.111 e. The van der Waals surface area contributed by atoms with Gasteiger partial charge in [-0.05, 0) is 6.42 Å². The molecule has 1 unspecified atom stereocenters. The summed E-state index contributed by atoms with van der Waals surface area (Å²) in [6, 6.07) is 1.85. The predicted octanol–water partition coefficient (Wildman–Crippen LogP) is 0.669. The summed E-state index contributed by atoms with van der Waals surface area (Å²) in [5.74, 6) is 0.849. The average molecular weight is 131 g/mol. The standard InChI is InChI=1S/C5H9NOS/c1-2-4-8(7)5-3-6/h2,4-5H2,1H3. The fourth-order valence-corrected chi connectivity index (χ4v) is 1.12. The van der Waals surface area contributed by atoms with Gasteiger partial charge in [-0.2, -0.15) is 5.26 Å². The first kappa shape index (κ1) is 7.64. The lowest BCUT2D eigenvalue weighted by molar-refractivity contribution is 0.684. The maximum absolute atomic E-state index is 10.5. The number of rotatable bonds is 3. The van der Waals surface area contributed by atoms with Gasteiger partial charge in [-0.25, -0.2) is 0 Å². The minimum atomic E-state index is -0.881. The van der Waals surface area contributed by atoms with Crippen molar-refractivity contribution >= 4 is 10.8 Å². The van der Waals surface area contributed by atoms with Gasteiger partial charge >= 0.3 is 0 Å². The molecular weight excluding hydrogens is 122 g/mol. The van der Waals surface area contributed by atoms with Gasteiger partial charge in [0.1, 0.15) is 5.75 Å². The fraction of sp³-hybridized carbons (Fsp3) is 0.800. The Morgan fingerprint density at radius 1 is 1.75 bits per heavy atom. The van der Waals surface area contributed by atoms with Crippen LogP contribution in [0.3, 0.4) is 0 Å². The third-order valence-electron chi connectivity index (χ3n) is 0.657. The van der Waals surface area contributed by atoms with Crippen LogP contribution in [-0.4, -0.2) is 15.7 Å². The van der Waals surface area contributed by atoms with E-state index < -0.39 is 10.8 Å². The lowest BCUT2D eigenvalue weighted by Crippen LogP contribution is -1.98. The Morgan fingerprint density at radius 2 is 2.38 bits per heavy atom. The molecule has 1 atom stereocenters. The fourth-order valence-electron chi connectivity index (χ4n) is 0.372. The number of hydrogen-bond donors (Lipinski definition) is 0. The average Bonchev–Trinajstić information content (AvgIpc) is 1.68. The molecule has 8 heavy (non-hydrogen) atoms. The van der Waals surface area contributed by atoms with Crippen molar-refractivity contribution in [2.24, 2.45) is 0 Å². The zero-order valence-corrected chi connectivity index (χ0v) is 5.70. The van der Waals surface area contributed by atoms with E-state index in [1.165, 1.54) is 0 Å². The van der Waals surface area contributed by atoms with Crippen molar-refractivity contribution in [2.75, 3.05) is 11.5 Å². The summed E-state index contributed by atoms with van der Waals surface area (Å²) in [4.78, 5) is 0. The summed E-state index contributed by atoms with van der Waals surface area (Å²) in [6.07, 6.45) is 0.897. The van der Waals surface area contributed by atoms with Crippen LogP contribution in [0.2, 0.25) is 0 Å². The van der Waals surface area contributed by atoms with Crippen LogP contribution >= 0.6 is 0 Å². The van der Waals surface area contributed by atoms with Crippen LogP contribution in [0.15, 0.2) is 0 Å². The third kappa shape index (κ3) is 3.82. The van der Waals surface area contributed by atoms with Gasteiger partial charge in [0, 0.05) is 16.6 Å². The predicted molar refractivity (Wildman–Crippen MR) is 33.8 cm³/mol. The van der Waals surface area contributed by atoms with Gasteiger partial charge in [-0.1, -0.05) is 6.92 Å². The summed E-state index contributed by atoms with van der Waals surface area (Å²) in [5, 5.41) is 8.02. The Kier molecular flexibility index (Phi) is 4.58. The highest BCUT2D eigenvalue weighted by atomic mass is 32.2. The first-order valence-corrected chi connectivity index (χ1v) is 4.02. The highest BCUT2D eigenvalue weighted by Gasteiger charge is 1.92. The van der Waals surface area contributed by atoms with Crippen molar-refractivity contribution < 1.29 is 4.21 Å². The van der Waals surface area contributed by atoms with Crippen molar-refractivity contribution in [3.8, 4) is 6.07 Å². The SMILES string of the molecule is CCCS(=O)CC#N. The van der Waals surface area contributed by atoms with E-state index in [1.54, 1.807) is 0 Å². The molecule has 0 heterocycles. The van der Waals surface area contributed by atoms with Crippen LogP contribution < -0.4 is 0 Å². The van der Waals surface area contributed by atoms with Crippen LogP contribution in [0.1, 0.15) is 13.3 Å². The largest absolute Gasteiger partial charge is 0.259 e. The number of nitrogens with zero attached hydrogens (tertiary/aromatic N) is 1. The van der Waals surface area contributed by atoms with Gasteiger partial charge in [0.2, 0.25) is 0 Å². The molecule has 2 nitrogen and oxygen atoms in total. The molecule has 0 aliphatic rings. The van der Waals surface area contributed by atoms with Crippen molar-refractivity contribution in [2.45, 2.75) is 13.3 Å². The molecule has 0 fully saturated rings. The van der Waals surface area contributed by atoms with E-state index in [-0.39, 0.29) is 5.75 Å². The second kappa shape index (κ2) is 4.79. The van der Waals surface area contributed by atoms with E-state index in [4.69, 9.17) is 5.26 Å². The lowest BCUT2D eigenvalue weighted by Gasteiger charge is -1.87. The van der Waals surface area contributed by atoms with Gasteiger partial charge in [-0.15, -0.1) is 0 Å². The highest BCUT2D eigenvalue weighted by Crippen LogP contribution is 1.83. The topological polar surface area (TPSA) is 40.9 Å². The van der Waals surface area contributed by atoms with E-state index in [0.717, 1.165) is 6.42 Å². The molecule has 0 bridgehead atoms. The van der Waals surface area contributed by atoms with E-state index in [0.29, 0.717) is 5.75 Å². The van der Waals surface area contributed by atoms with E-state index in [1.807, 2.05) is 13.0 Å². The van der Waals surface area contributed by atoms with Crippen LogP contribution in [0.25, 0.3) is 0 Å². The maximum atomic E-state index is 10.5. The van der Waals surface area contributed by atoms with Crippen LogP contribution in [-0.2, 0) is 10.8 Å². The zero-order chi connectivity index (χ0) is 6.41. The molecule has 0 amide bonds. The van der Waals surface area contributed by atoms with E-state index in [2.05, 4.69) is 0 Å². The third-order valence-corrected chi connectivity index (χ3v) is 1.97. The maximum Gasteiger partial charge on any atom is 0.111 e. The molecule has 0 aromatic carbocycles. The molecule has 0 aliphatic carbocycles. The van der Waals surface area contributed by atoms with Crippen molar-refractivity contribution in [1.29, 1.82) is 5.26 Å². The number of nitriles is 1. The summed E-state index contributed by atoms with van der Waals surface area (Å²) in [6.45, 7) is 1.95. The first-order valence-electron chi connectivity index (χ1n) is 2.53. The molecule has 0 aromatic rings. The Labute approximate surface area is 52.0 Å². The molecule has 0 aromatic heterocycles. The molecule has 3 heteroatoms. The van der Waals surface area contributed by atoms with Gasteiger partial charge < -0.3 is 0 Å². The monoisotopic (exact) mass is 131 g/mol. The molecule has 0 rings (SSSR count). The Morgan fingerprint density at radius 3 is 2.75 bits per heavy atom. The molecule has 0 N–H and O–H groups in total. The zero-order valence-electron chi connectivity index (χ0n) is 4.89. The van der Waals surface area contributed by atoms with Crippen molar-refractivity contribution in [1.82, 2.24) is 0 Å². The minimum absolute atomic E-state index is 0.188. The molecular formula is C5H9NOS. The van der Waals surface area contributed by atoms with Crippen molar-refractivity contribution in [3.05, 3.63) is 0 Å². The van der Waals surface area contributed by atoms with Crippen LogP contribution in [0.4, 0.5) is 0 Å². The Bertz CT molecular complexity index is 116.